The molecule has 0 radical (unpaired) electrons. The van der Waals surface area contributed by atoms with Gasteiger partial charge in [0, 0.05) is 5.92 Å². The van der Waals surface area contributed by atoms with Gasteiger partial charge in [-0.15, -0.1) is 0 Å². The third-order valence-corrected chi connectivity index (χ3v) is 1.95. The van der Waals surface area contributed by atoms with Crippen LogP contribution < -0.4 is 0 Å². The standard InChI is InChI=1S/C10H20O2/c1-5-10(8(2)3)12-7-9(4)6-11/h6,8-10H,5,7H2,1-4H3. The number of ether oxygens (including phenoxy) is 1. The lowest BCUT2D eigenvalue weighted by molar-refractivity contribution is -0.113. The predicted molar refractivity (Wildman–Crippen MR) is 50.1 cm³/mol. The number of carbonyl (C=O) groups excluding carboxylic acids is 1. The zero-order chi connectivity index (χ0) is 9.56. The Labute approximate surface area is 75.3 Å². The maximum atomic E-state index is 10.3. The van der Waals surface area contributed by atoms with Gasteiger partial charge in [0.2, 0.25) is 0 Å². The van der Waals surface area contributed by atoms with Crippen molar-refractivity contribution in [3.05, 3.63) is 0 Å². The van der Waals surface area contributed by atoms with Crippen molar-refractivity contribution in [2.45, 2.75) is 40.2 Å². The molecule has 0 spiro atoms. The molecule has 0 saturated heterocycles. The van der Waals surface area contributed by atoms with Gasteiger partial charge < -0.3 is 9.53 Å². The van der Waals surface area contributed by atoms with Gasteiger partial charge in [-0.3, -0.25) is 0 Å². The molecule has 0 aromatic carbocycles. The Morgan fingerprint density at radius 1 is 1.33 bits per heavy atom. The second-order valence-electron chi connectivity index (χ2n) is 3.64. The summed E-state index contributed by atoms with van der Waals surface area (Å²) in [6.07, 6.45) is 2.25. The minimum Gasteiger partial charge on any atom is -0.377 e. The van der Waals surface area contributed by atoms with Gasteiger partial charge in [-0.1, -0.05) is 27.7 Å². The van der Waals surface area contributed by atoms with Gasteiger partial charge in [0.05, 0.1) is 12.7 Å². The van der Waals surface area contributed by atoms with Gasteiger partial charge in [-0.2, -0.15) is 0 Å². The lowest BCUT2D eigenvalue weighted by atomic mass is 10.1. The van der Waals surface area contributed by atoms with Crippen LogP contribution in [-0.2, 0) is 9.53 Å². The Morgan fingerprint density at radius 3 is 2.25 bits per heavy atom. The smallest absolute Gasteiger partial charge is 0.125 e. The van der Waals surface area contributed by atoms with Crippen molar-refractivity contribution >= 4 is 6.29 Å². The summed E-state index contributed by atoms with van der Waals surface area (Å²) in [5.41, 5.74) is 0. The molecule has 0 rings (SSSR count). The Kier molecular flexibility index (Phi) is 5.99. The lowest BCUT2D eigenvalue weighted by Crippen LogP contribution is -2.22. The van der Waals surface area contributed by atoms with Crippen molar-refractivity contribution in [1.82, 2.24) is 0 Å². The van der Waals surface area contributed by atoms with E-state index in [1.807, 2.05) is 6.92 Å². The summed E-state index contributed by atoms with van der Waals surface area (Å²) < 4.78 is 5.57. The molecule has 0 heterocycles. The third-order valence-electron chi connectivity index (χ3n) is 1.95. The molecule has 2 nitrogen and oxygen atoms in total. The molecule has 0 N–H and O–H groups in total. The van der Waals surface area contributed by atoms with Crippen molar-refractivity contribution in [1.29, 1.82) is 0 Å². The number of aldehydes is 1. The third kappa shape index (κ3) is 4.50. The first-order valence-electron chi connectivity index (χ1n) is 4.68. The van der Waals surface area contributed by atoms with E-state index in [0.29, 0.717) is 18.6 Å². The molecule has 0 fully saturated rings. The van der Waals surface area contributed by atoms with Gasteiger partial charge in [-0.25, -0.2) is 0 Å². The second kappa shape index (κ2) is 6.18. The average molecular weight is 172 g/mol. The van der Waals surface area contributed by atoms with Crippen molar-refractivity contribution in [3.63, 3.8) is 0 Å². The highest BCUT2D eigenvalue weighted by atomic mass is 16.5. The minimum atomic E-state index is 0.0257. The Morgan fingerprint density at radius 2 is 1.92 bits per heavy atom. The summed E-state index contributed by atoms with van der Waals surface area (Å²) in [6.45, 7) is 8.82. The maximum Gasteiger partial charge on any atom is 0.125 e. The van der Waals surface area contributed by atoms with Crippen LogP contribution in [0, 0.1) is 11.8 Å². The summed E-state index contributed by atoms with van der Waals surface area (Å²) in [5, 5.41) is 0. The highest BCUT2D eigenvalue weighted by Gasteiger charge is 2.12. The van der Waals surface area contributed by atoms with E-state index in [-0.39, 0.29) is 5.92 Å². The quantitative estimate of drug-likeness (QED) is 0.574. The Bertz CT molecular complexity index is 121. The van der Waals surface area contributed by atoms with Gasteiger partial charge in [0.15, 0.2) is 0 Å². The number of rotatable bonds is 6. The topological polar surface area (TPSA) is 26.3 Å². The fourth-order valence-electron chi connectivity index (χ4n) is 1.10. The van der Waals surface area contributed by atoms with E-state index in [4.69, 9.17) is 4.74 Å². The molecule has 2 atom stereocenters. The summed E-state index contributed by atoms with van der Waals surface area (Å²) in [7, 11) is 0. The zero-order valence-corrected chi connectivity index (χ0v) is 8.54. The van der Waals surface area contributed by atoms with E-state index in [1.54, 1.807) is 0 Å². The number of hydrogen-bond acceptors (Lipinski definition) is 2. The molecule has 0 amide bonds. The van der Waals surface area contributed by atoms with Crippen molar-refractivity contribution in [3.8, 4) is 0 Å². The fraction of sp³-hybridized carbons (Fsp3) is 0.900. The van der Waals surface area contributed by atoms with Crippen LogP contribution >= 0.6 is 0 Å². The molecule has 0 bridgehead atoms. The number of hydrogen-bond donors (Lipinski definition) is 0. The normalized spacial score (nSPS) is 16.1. The maximum absolute atomic E-state index is 10.3. The van der Waals surface area contributed by atoms with E-state index in [1.165, 1.54) is 0 Å². The van der Waals surface area contributed by atoms with E-state index < -0.39 is 0 Å². The van der Waals surface area contributed by atoms with Crippen LogP contribution in [0.15, 0.2) is 0 Å². The molecule has 0 aliphatic rings. The van der Waals surface area contributed by atoms with Crippen LogP contribution in [0.4, 0.5) is 0 Å². The second-order valence-corrected chi connectivity index (χ2v) is 3.64. The molecule has 72 valence electrons. The molecule has 2 heteroatoms. The fourth-order valence-corrected chi connectivity index (χ4v) is 1.10. The van der Waals surface area contributed by atoms with Crippen molar-refractivity contribution in [2.24, 2.45) is 11.8 Å². The molecule has 12 heavy (non-hydrogen) atoms. The highest BCUT2D eigenvalue weighted by molar-refractivity contribution is 5.52. The molecule has 0 aromatic rings. The summed E-state index contributed by atoms with van der Waals surface area (Å²) in [6, 6.07) is 0. The first-order valence-corrected chi connectivity index (χ1v) is 4.68. The van der Waals surface area contributed by atoms with Crippen LogP contribution in [0.2, 0.25) is 0 Å². The first-order chi connectivity index (χ1) is 5.61. The van der Waals surface area contributed by atoms with Gasteiger partial charge in [-0.05, 0) is 12.3 Å². The zero-order valence-electron chi connectivity index (χ0n) is 8.54. The van der Waals surface area contributed by atoms with Crippen LogP contribution in [0.3, 0.4) is 0 Å². The highest BCUT2D eigenvalue weighted by Crippen LogP contribution is 2.11. The average Bonchev–Trinajstić information content (AvgIpc) is 2.04. The van der Waals surface area contributed by atoms with E-state index in [2.05, 4.69) is 20.8 Å². The molecule has 0 aromatic heterocycles. The summed E-state index contributed by atoms with van der Waals surface area (Å²) in [4.78, 5) is 10.3. The van der Waals surface area contributed by atoms with Gasteiger partial charge in [0.1, 0.15) is 6.29 Å². The molecular weight excluding hydrogens is 152 g/mol. The summed E-state index contributed by atoms with van der Waals surface area (Å²) >= 11 is 0. The van der Waals surface area contributed by atoms with Crippen molar-refractivity contribution in [2.75, 3.05) is 6.61 Å². The van der Waals surface area contributed by atoms with Crippen LogP contribution in [0.25, 0.3) is 0 Å². The van der Waals surface area contributed by atoms with Gasteiger partial charge in [0.25, 0.3) is 0 Å². The largest absolute Gasteiger partial charge is 0.377 e. The van der Waals surface area contributed by atoms with Crippen LogP contribution in [-0.4, -0.2) is 19.0 Å². The van der Waals surface area contributed by atoms with E-state index in [0.717, 1.165) is 12.7 Å². The molecule has 0 aliphatic heterocycles. The van der Waals surface area contributed by atoms with Gasteiger partial charge >= 0.3 is 0 Å². The monoisotopic (exact) mass is 172 g/mol. The van der Waals surface area contributed by atoms with E-state index in [9.17, 15) is 4.79 Å². The van der Waals surface area contributed by atoms with Crippen LogP contribution in [0.1, 0.15) is 34.1 Å². The lowest BCUT2D eigenvalue weighted by Gasteiger charge is -2.20. The molecule has 0 aliphatic carbocycles. The molecular formula is C10H20O2. The van der Waals surface area contributed by atoms with Crippen molar-refractivity contribution < 1.29 is 9.53 Å². The molecule has 0 saturated carbocycles. The summed E-state index contributed by atoms with van der Waals surface area (Å²) in [5.74, 6) is 0.562. The van der Waals surface area contributed by atoms with Crippen LogP contribution in [0.5, 0.6) is 0 Å². The first kappa shape index (κ1) is 11.6. The molecule has 2 unspecified atom stereocenters. The predicted octanol–water partition coefficient (Wildman–Crippen LogP) is 2.27. The Balaban J connectivity index is 3.64. The Hall–Kier alpha value is -0.370. The number of carbonyl (C=O) groups is 1. The minimum absolute atomic E-state index is 0.0257. The van der Waals surface area contributed by atoms with E-state index >= 15 is 0 Å². The SMILES string of the molecule is CCC(OCC(C)C=O)C(C)C.